The summed E-state index contributed by atoms with van der Waals surface area (Å²) in [7, 11) is 0. The summed E-state index contributed by atoms with van der Waals surface area (Å²) in [6.45, 7) is 11.7. The van der Waals surface area contributed by atoms with Crippen LogP contribution in [0.2, 0.25) is 0 Å². The van der Waals surface area contributed by atoms with Crippen molar-refractivity contribution in [3.63, 3.8) is 0 Å². The first kappa shape index (κ1) is 21.9. The van der Waals surface area contributed by atoms with Crippen molar-refractivity contribution in [2.75, 3.05) is 6.54 Å². The second kappa shape index (κ2) is 10.8. The summed E-state index contributed by atoms with van der Waals surface area (Å²) in [4.78, 5) is 0. The third-order valence-corrected chi connectivity index (χ3v) is 5.55. The van der Waals surface area contributed by atoms with E-state index in [1.807, 2.05) is 0 Å². The number of rotatable bonds is 12. The lowest BCUT2D eigenvalue weighted by Gasteiger charge is -2.50. The standard InChI is InChI=1S/C21H43N2O/c1-6-7-8-9-10-11-12-13-14-15-16-22-19-17-20(2,3)23(24)21(4,5)18-19/h19,22H,6-18H2,1-5H3. The zero-order valence-corrected chi connectivity index (χ0v) is 17.1. The lowest BCUT2D eigenvalue weighted by molar-refractivity contribution is -0.290. The molecule has 1 N–H and O–H groups in total. The molecule has 0 bridgehead atoms. The molecule has 0 aromatic rings. The summed E-state index contributed by atoms with van der Waals surface area (Å²) in [5.41, 5.74) is -0.506. The number of hydroxylamine groups is 2. The quantitative estimate of drug-likeness (QED) is 0.452. The van der Waals surface area contributed by atoms with Gasteiger partial charge in [-0.3, -0.25) is 0 Å². The number of unbranched alkanes of at least 4 members (excludes halogenated alkanes) is 9. The molecule has 1 radical (unpaired) electrons. The third kappa shape index (κ3) is 7.84. The highest BCUT2D eigenvalue weighted by Crippen LogP contribution is 2.36. The Bertz CT molecular complexity index is 310. The molecule has 0 saturated carbocycles. The minimum atomic E-state index is -0.253. The molecule has 0 atom stereocenters. The molecule has 0 aromatic heterocycles. The Balaban J connectivity index is 2.03. The van der Waals surface area contributed by atoms with Crippen LogP contribution in [0, 0.1) is 0 Å². The Morgan fingerprint density at radius 3 is 1.67 bits per heavy atom. The molecule has 1 aliphatic rings. The summed E-state index contributed by atoms with van der Waals surface area (Å²) in [5.74, 6) is 0. The second-order valence-electron chi connectivity index (χ2n) is 9.16. The van der Waals surface area contributed by atoms with E-state index in [-0.39, 0.29) is 11.1 Å². The van der Waals surface area contributed by atoms with Gasteiger partial charge in [-0.15, -0.1) is 10.3 Å². The zero-order valence-electron chi connectivity index (χ0n) is 17.1. The smallest absolute Gasteiger partial charge is 0.0458 e. The van der Waals surface area contributed by atoms with Crippen molar-refractivity contribution < 1.29 is 5.21 Å². The average Bonchev–Trinajstić information content (AvgIpc) is 2.50. The minimum absolute atomic E-state index is 0.253. The third-order valence-electron chi connectivity index (χ3n) is 5.55. The van der Waals surface area contributed by atoms with Crippen molar-refractivity contribution in [1.29, 1.82) is 0 Å². The van der Waals surface area contributed by atoms with Gasteiger partial charge in [-0.1, -0.05) is 64.7 Å². The average molecular weight is 340 g/mol. The Labute approximate surface area is 151 Å². The molecular formula is C21H43N2O. The van der Waals surface area contributed by atoms with E-state index in [9.17, 15) is 5.21 Å². The maximum Gasteiger partial charge on any atom is 0.0458 e. The maximum absolute atomic E-state index is 12.4. The Kier molecular flexibility index (Phi) is 9.84. The predicted octanol–water partition coefficient (Wildman–Crippen LogP) is 5.86. The molecule has 24 heavy (non-hydrogen) atoms. The Morgan fingerprint density at radius 2 is 1.21 bits per heavy atom. The lowest BCUT2D eigenvalue weighted by Crippen LogP contribution is -2.61. The predicted molar refractivity (Wildman–Crippen MR) is 104 cm³/mol. The van der Waals surface area contributed by atoms with Crippen molar-refractivity contribution >= 4 is 0 Å². The molecule has 0 amide bonds. The number of hydrogen-bond acceptors (Lipinski definition) is 2. The molecule has 143 valence electrons. The van der Waals surface area contributed by atoms with Crippen LogP contribution < -0.4 is 5.32 Å². The van der Waals surface area contributed by atoms with Gasteiger partial charge in [0.25, 0.3) is 0 Å². The van der Waals surface area contributed by atoms with Crippen LogP contribution in [-0.2, 0) is 5.21 Å². The highest BCUT2D eigenvalue weighted by atomic mass is 16.5. The van der Waals surface area contributed by atoms with E-state index in [1.165, 1.54) is 69.3 Å². The summed E-state index contributed by atoms with van der Waals surface area (Å²) in [5, 5.41) is 17.4. The highest BCUT2D eigenvalue weighted by molar-refractivity contribution is 4.98. The van der Waals surface area contributed by atoms with Gasteiger partial charge >= 0.3 is 0 Å². The summed E-state index contributed by atoms with van der Waals surface area (Å²) in [6.07, 6.45) is 15.8. The van der Waals surface area contributed by atoms with Crippen LogP contribution >= 0.6 is 0 Å². The first-order valence-electron chi connectivity index (χ1n) is 10.5. The van der Waals surface area contributed by atoms with Gasteiger partial charge in [0.15, 0.2) is 0 Å². The molecule has 1 rings (SSSR count). The molecule has 0 spiro atoms. The van der Waals surface area contributed by atoms with Crippen LogP contribution in [0.4, 0.5) is 0 Å². The number of nitrogens with one attached hydrogen (secondary N) is 1. The fourth-order valence-corrected chi connectivity index (χ4v) is 4.33. The van der Waals surface area contributed by atoms with E-state index in [2.05, 4.69) is 39.9 Å². The first-order valence-corrected chi connectivity index (χ1v) is 10.5. The van der Waals surface area contributed by atoms with E-state index in [4.69, 9.17) is 0 Å². The van der Waals surface area contributed by atoms with Gasteiger partial charge in [0.05, 0.1) is 0 Å². The van der Waals surface area contributed by atoms with Crippen molar-refractivity contribution in [2.24, 2.45) is 0 Å². The summed E-state index contributed by atoms with van der Waals surface area (Å²) >= 11 is 0. The highest BCUT2D eigenvalue weighted by Gasteiger charge is 2.45. The van der Waals surface area contributed by atoms with Crippen LogP contribution in [0.1, 0.15) is 112 Å². The van der Waals surface area contributed by atoms with E-state index in [0.717, 1.165) is 19.4 Å². The van der Waals surface area contributed by atoms with Crippen LogP contribution in [0.3, 0.4) is 0 Å². The van der Waals surface area contributed by atoms with Crippen LogP contribution in [-0.4, -0.2) is 28.7 Å². The van der Waals surface area contributed by atoms with E-state index >= 15 is 0 Å². The van der Waals surface area contributed by atoms with Gasteiger partial charge in [-0.2, -0.15) is 0 Å². The number of nitrogens with zero attached hydrogens (tertiary/aromatic N) is 1. The summed E-state index contributed by atoms with van der Waals surface area (Å²) < 4.78 is 0. The molecule has 3 heteroatoms. The van der Waals surface area contributed by atoms with Gasteiger partial charge < -0.3 is 5.32 Å². The van der Waals surface area contributed by atoms with Crippen molar-refractivity contribution in [3.05, 3.63) is 0 Å². The number of piperidine rings is 1. The fraction of sp³-hybridized carbons (Fsp3) is 1.00. The van der Waals surface area contributed by atoms with Gasteiger partial charge in [0.2, 0.25) is 0 Å². The summed E-state index contributed by atoms with van der Waals surface area (Å²) in [6, 6.07) is 0.485. The van der Waals surface area contributed by atoms with E-state index in [1.54, 1.807) is 0 Å². The van der Waals surface area contributed by atoms with Crippen LogP contribution in [0.25, 0.3) is 0 Å². The van der Waals surface area contributed by atoms with Crippen molar-refractivity contribution in [1.82, 2.24) is 10.4 Å². The van der Waals surface area contributed by atoms with Crippen molar-refractivity contribution in [2.45, 2.75) is 129 Å². The number of hydrogen-bond donors (Lipinski definition) is 1. The van der Waals surface area contributed by atoms with Gasteiger partial charge in [0.1, 0.15) is 0 Å². The Morgan fingerprint density at radius 1 is 0.792 bits per heavy atom. The largest absolute Gasteiger partial charge is 0.314 e. The zero-order chi connectivity index (χ0) is 18.1. The second-order valence-corrected chi connectivity index (χ2v) is 9.16. The SMILES string of the molecule is CCCCCCCCCCCCNC1CC(C)(C)N([O])C(C)(C)C1. The molecule has 1 aliphatic heterocycles. The molecular weight excluding hydrogens is 296 g/mol. The molecule has 0 aliphatic carbocycles. The van der Waals surface area contributed by atoms with E-state index in [0.29, 0.717) is 6.04 Å². The molecule has 0 aromatic carbocycles. The van der Waals surface area contributed by atoms with E-state index < -0.39 is 0 Å². The van der Waals surface area contributed by atoms with Gasteiger partial charge in [-0.25, -0.2) is 0 Å². The fourth-order valence-electron chi connectivity index (χ4n) is 4.33. The van der Waals surface area contributed by atoms with Crippen LogP contribution in [0.5, 0.6) is 0 Å². The lowest BCUT2D eigenvalue weighted by atomic mass is 9.79. The molecule has 1 heterocycles. The first-order chi connectivity index (χ1) is 11.3. The minimum Gasteiger partial charge on any atom is -0.314 e. The molecule has 1 saturated heterocycles. The topological polar surface area (TPSA) is 35.2 Å². The van der Waals surface area contributed by atoms with Crippen molar-refractivity contribution in [3.8, 4) is 0 Å². The monoisotopic (exact) mass is 339 g/mol. The molecule has 1 fully saturated rings. The molecule has 0 unspecified atom stereocenters. The Hall–Kier alpha value is -0.120. The van der Waals surface area contributed by atoms with Gasteiger partial charge in [0, 0.05) is 17.1 Å². The normalized spacial score (nSPS) is 21.2. The molecule has 3 nitrogen and oxygen atoms in total. The van der Waals surface area contributed by atoms with Crippen LogP contribution in [0.15, 0.2) is 0 Å². The van der Waals surface area contributed by atoms with Gasteiger partial charge in [-0.05, 0) is 53.5 Å². The maximum atomic E-state index is 12.4.